The van der Waals surface area contributed by atoms with Crippen LogP contribution in [-0.4, -0.2) is 54.0 Å². The van der Waals surface area contributed by atoms with E-state index in [9.17, 15) is 9.18 Å². The van der Waals surface area contributed by atoms with Crippen LogP contribution >= 0.6 is 0 Å². The van der Waals surface area contributed by atoms with E-state index in [2.05, 4.69) is 15.2 Å². The Morgan fingerprint density at radius 1 is 1.18 bits per heavy atom. The Morgan fingerprint density at radius 2 is 1.96 bits per heavy atom. The van der Waals surface area contributed by atoms with Crippen LogP contribution < -0.4 is 10.1 Å². The zero-order valence-corrected chi connectivity index (χ0v) is 15.6. The van der Waals surface area contributed by atoms with E-state index < -0.39 is 5.82 Å². The van der Waals surface area contributed by atoms with Crippen molar-refractivity contribution in [2.75, 3.05) is 33.3 Å². The van der Waals surface area contributed by atoms with Gasteiger partial charge in [0.25, 0.3) is 5.91 Å². The smallest absolute Gasteiger partial charge is 0.255 e. The van der Waals surface area contributed by atoms with Gasteiger partial charge in [0.15, 0.2) is 5.82 Å². The largest absolute Gasteiger partial charge is 0.479 e. The highest BCUT2D eigenvalue weighted by Crippen LogP contribution is 2.26. The fraction of sp³-hybridized carbons (Fsp3) is 0.238. The molecule has 6 nitrogen and oxygen atoms in total. The molecule has 0 aromatic carbocycles. The number of amides is 1. The molecule has 1 aromatic heterocycles. The normalized spacial score (nSPS) is 24.2. The summed E-state index contributed by atoms with van der Waals surface area (Å²) >= 11 is 0. The van der Waals surface area contributed by atoms with Gasteiger partial charge in [0, 0.05) is 55.9 Å². The first-order valence-corrected chi connectivity index (χ1v) is 9.14. The molecule has 4 heterocycles. The van der Waals surface area contributed by atoms with E-state index in [4.69, 9.17) is 4.74 Å². The molecule has 0 saturated carbocycles. The van der Waals surface area contributed by atoms with Crippen molar-refractivity contribution in [1.29, 1.82) is 0 Å². The topological polar surface area (TPSA) is 57.7 Å². The molecule has 0 aliphatic carbocycles. The Balaban J connectivity index is 1.65. The average molecular weight is 380 g/mol. The highest BCUT2D eigenvalue weighted by Gasteiger charge is 2.21. The fourth-order valence-corrected chi connectivity index (χ4v) is 3.35. The summed E-state index contributed by atoms with van der Waals surface area (Å²) in [6.07, 6.45) is 14.3. The lowest BCUT2D eigenvalue weighted by atomic mass is 10.0. The Hall–Kier alpha value is -3.19. The zero-order valence-electron chi connectivity index (χ0n) is 15.6. The van der Waals surface area contributed by atoms with Gasteiger partial charge in [-0.3, -0.25) is 9.69 Å². The molecule has 3 aliphatic heterocycles. The molecule has 0 atom stereocenters. The van der Waals surface area contributed by atoms with Gasteiger partial charge in [0.05, 0.1) is 12.8 Å². The maximum atomic E-state index is 14.0. The number of allylic oxidation sites excluding steroid dienone is 6. The fourth-order valence-electron chi connectivity index (χ4n) is 3.35. The van der Waals surface area contributed by atoms with E-state index in [1.807, 2.05) is 30.5 Å². The number of carbonyl (C=O) groups excluding carboxylic acids is 1. The lowest BCUT2D eigenvalue weighted by Gasteiger charge is -2.33. The van der Waals surface area contributed by atoms with Crippen molar-refractivity contribution in [1.82, 2.24) is 20.1 Å². The second kappa shape index (κ2) is 7.82. The lowest BCUT2D eigenvalue weighted by Crippen LogP contribution is -2.43. The average Bonchev–Trinajstić information content (AvgIpc) is 2.72. The van der Waals surface area contributed by atoms with Crippen molar-refractivity contribution in [3.63, 3.8) is 0 Å². The number of nitrogens with one attached hydrogen (secondary N) is 1. The van der Waals surface area contributed by atoms with Crippen LogP contribution in [0.1, 0.15) is 5.56 Å². The maximum absolute atomic E-state index is 14.0. The monoisotopic (exact) mass is 380 g/mol. The Bertz CT molecular complexity index is 940. The molecule has 0 radical (unpaired) electrons. The van der Waals surface area contributed by atoms with Crippen molar-refractivity contribution >= 4 is 11.5 Å². The van der Waals surface area contributed by atoms with Crippen molar-refractivity contribution in [3.8, 4) is 5.88 Å². The number of halogens is 1. The van der Waals surface area contributed by atoms with Gasteiger partial charge >= 0.3 is 0 Å². The number of pyridine rings is 1. The summed E-state index contributed by atoms with van der Waals surface area (Å²) in [5.74, 6) is -0.835. The third-order valence-electron chi connectivity index (χ3n) is 4.84. The van der Waals surface area contributed by atoms with Crippen LogP contribution in [-0.2, 0) is 4.79 Å². The number of hydrogen-bond donors (Lipinski definition) is 1. The van der Waals surface area contributed by atoms with Gasteiger partial charge in [0.2, 0.25) is 5.88 Å². The number of carbonyl (C=O) groups is 1. The predicted molar refractivity (Wildman–Crippen MR) is 104 cm³/mol. The van der Waals surface area contributed by atoms with Crippen LogP contribution in [0, 0.1) is 5.82 Å². The quantitative estimate of drug-likeness (QED) is 0.871. The summed E-state index contributed by atoms with van der Waals surface area (Å²) in [6.45, 7) is 3.64. The number of aromatic nitrogens is 1. The molecule has 28 heavy (non-hydrogen) atoms. The number of hydrogen-bond acceptors (Lipinski definition) is 5. The van der Waals surface area contributed by atoms with Gasteiger partial charge in [-0.1, -0.05) is 12.2 Å². The van der Waals surface area contributed by atoms with E-state index >= 15 is 0 Å². The molecule has 144 valence electrons. The number of rotatable bonds is 3. The second-order valence-electron chi connectivity index (χ2n) is 6.60. The van der Waals surface area contributed by atoms with E-state index in [0.29, 0.717) is 11.1 Å². The van der Waals surface area contributed by atoms with Gasteiger partial charge in [0.1, 0.15) is 0 Å². The van der Waals surface area contributed by atoms with E-state index in [-0.39, 0.29) is 11.8 Å². The molecule has 1 fully saturated rings. The van der Waals surface area contributed by atoms with E-state index in [0.717, 1.165) is 37.6 Å². The summed E-state index contributed by atoms with van der Waals surface area (Å²) in [6, 6.07) is 1.32. The molecule has 3 aliphatic rings. The third kappa shape index (κ3) is 3.61. The molecule has 1 saturated heterocycles. The molecule has 0 unspecified atom stereocenters. The molecule has 0 bridgehead atoms. The Kier molecular flexibility index (Phi) is 5.08. The Morgan fingerprint density at radius 3 is 2.71 bits per heavy atom. The molecular weight excluding hydrogens is 359 g/mol. The number of piperazine rings is 1. The number of nitrogens with zero attached hydrogens (tertiary/aromatic N) is 3. The van der Waals surface area contributed by atoms with E-state index in [1.54, 1.807) is 11.0 Å². The summed E-state index contributed by atoms with van der Waals surface area (Å²) in [4.78, 5) is 20.8. The molecule has 0 spiro atoms. The van der Waals surface area contributed by atoms with Gasteiger partial charge in [-0.25, -0.2) is 9.37 Å². The van der Waals surface area contributed by atoms with Crippen molar-refractivity contribution in [3.05, 3.63) is 77.7 Å². The van der Waals surface area contributed by atoms with Gasteiger partial charge in [-0.05, 0) is 29.9 Å². The zero-order chi connectivity index (χ0) is 19.5. The third-order valence-corrected chi connectivity index (χ3v) is 4.84. The Labute approximate surface area is 163 Å². The number of ether oxygens (including phenoxy) is 1. The van der Waals surface area contributed by atoms with Gasteiger partial charge < -0.3 is 15.0 Å². The van der Waals surface area contributed by atoms with Crippen LogP contribution in [0.5, 0.6) is 5.88 Å². The first kappa shape index (κ1) is 18.2. The number of fused-ring (bicyclic) bond motifs is 1. The van der Waals surface area contributed by atoms with Crippen molar-refractivity contribution in [2.24, 2.45) is 0 Å². The van der Waals surface area contributed by atoms with Crippen LogP contribution in [0.2, 0.25) is 0 Å². The minimum absolute atomic E-state index is 0.0718. The highest BCUT2D eigenvalue weighted by atomic mass is 19.1. The van der Waals surface area contributed by atoms with Crippen LogP contribution in [0.15, 0.2) is 66.3 Å². The van der Waals surface area contributed by atoms with Crippen LogP contribution in [0.3, 0.4) is 0 Å². The lowest BCUT2D eigenvalue weighted by molar-refractivity contribution is -0.122. The molecule has 1 amide bonds. The molecule has 1 aromatic rings. The first-order valence-electron chi connectivity index (χ1n) is 9.14. The van der Waals surface area contributed by atoms with Crippen LogP contribution in [0.4, 0.5) is 4.39 Å². The maximum Gasteiger partial charge on any atom is 0.255 e. The second-order valence-corrected chi connectivity index (χ2v) is 6.60. The molecule has 1 N–H and O–H groups in total. The summed E-state index contributed by atoms with van der Waals surface area (Å²) < 4.78 is 18.9. The van der Waals surface area contributed by atoms with Crippen LogP contribution in [0.25, 0.3) is 5.57 Å². The van der Waals surface area contributed by atoms with E-state index in [1.165, 1.54) is 25.4 Å². The predicted octanol–water partition coefficient (Wildman–Crippen LogP) is 2.21. The first-order chi connectivity index (χ1) is 13.7. The highest BCUT2D eigenvalue weighted by molar-refractivity contribution is 5.99. The van der Waals surface area contributed by atoms with Gasteiger partial charge in [-0.15, -0.1) is 0 Å². The summed E-state index contributed by atoms with van der Waals surface area (Å²) in [7, 11) is 1.36. The van der Waals surface area contributed by atoms with Crippen molar-refractivity contribution < 1.29 is 13.9 Å². The summed E-state index contributed by atoms with van der Waals surface area (Å²) in [5, 5.41) is 3.32. The molecule has 4 rings (SSSR count). The minimum atomic E-state index is -0.568. The molecule has 7 heteroatoms. The van der Waals surface area contributed by atoms with Crippen molar-refractivity contribution in [2.45, 2.75) is 0 Å². The molecular formula is C21H21FN4O2. The number of methoxy groups -OCH3 is 1. The summed E-state index contributed by atoms with van der Waals surface area (Å²) in [5.41, 5.74) is 2.89. The minimum Gasteiger partial charge on any atom is -0.479 e. The SMILES string of the molecule is COc1ncc(C2=C\C(=O)N3C=C(N4CCNCC4)C=C\C3=C/C=C/2)cc1F. The van der Waals surface area contributed by atoms with Gasteiger partial charge in [-0.2, -0.15) is 0 Å². The standard InChI is InChI=1S/C21H21FN4O2/c1-28-21-19(22)11-16(13-24-21)15-3-2-4-17-5-6-18(14-26(17)20(27)12-15)25-9-7-23-8-10-25/h2-6,11-14,23H,7-10H2,1H3/b3-2+,15-12+,17-4+.